The molecule has 0 aromatic carbocycles. The lowest BCUT2D eigenvalue weighted by Crippen LogP contribution is -2.37. The maximum absolute atomic E-state index is 12.7. The lowest BCUT2D eigenvalue weighted by atomic mass is 10.1. The zero-order chi connectivity index (χ0) is 41.9. The molecule has 0 saturated carbocycles. The molecular weight excluding hydrogens is 741 g/mol. The Morgan fingerprint density at radius 3 is 1.77 bits per heavy atom. The third-order valence-corrected chi connectivity index (χ3v) is 10.7. The number of nitrogens with zero attached hydrogens (tertiary/aromatic N) is 1. The second kappa shape index (κ2) is 34.8. The molecule has 4 unspecified atom stereocenters. The maximum Gasteiger partial charge on any atom is 0.306 e. The first-order chi connectivity index (χ1) is 27.5. The van der Waals surface area contributed by atoms with Crippen LogP contribution in [0.15, 0.2) is 48.6 Å². The van der Waals surface area contributed by atoms with Crippen molar-refractivity contribution in [3.63, 3.8) is 0 Å². The van der Waals surface area contributed by atoms with E-state index in [1.807, 2.05) is 27.2 Å². The van der Waals surface area contributed by atoms with E-state index >= 15 is 0 Å². The fourth-order valence-electron chi connectivity index (χ4n) is 6.03. The minimum atomic E-state index is -4.65. The quantitative estimate of drug-likeness (QED) is 0.0149. The predicted molar refractivity (Wildman–Crippen MR) is 231 cm³/mol. The van der Waals surface area contributed by atoms with Crippen LogP contribution in [0.2, 0.25) is 0 Å². The van der Waals surface area contributed by atoms with Gasteiger partial charge in [-0.1, -0.05) is 127 Å². The van der Waals surface area contributed by atoms with Gasteiger partial charge in [0.2, 0.25) is 0 Å². The van der Waals surface area contributed by atoms with Crippen molar-refractivity contribution >= 4 is 19.8 Å². The Labute approximate surface area is 348 Å². The lowest BCUT2D eigenvalue weighted by molar-refractivity contribution is -0.870. The van der Waals surface area contributed by atoms with E-state index in [0.29, 0.717) is 42.5 Å². The summed E-state index contributed by atoms with van der Waals surface area (Å²) in [5.74, 6) is -0.918. The van der Waals surface area contributed by atoms with Crippen LogP contribution in [0.4, 0.5) is 0 Å². The fourth-order valence-corrected chi connectivity index (χ4v) is 6.76. The molecule has 1 aliphatic heterocycles. The molecular formula is C46H82NO9P. The molecule has 1 fully saturated rings. The number of esters is 2. The number of quaternary nitrogens is 1. The number of phosphoric ester groups is 1. The lowest BCUT2D eigenvalue weighted by Gasteiger charge is -2.28. The van der Waals surface area contributed by atoms with E-state index in [2.05, 4.69) is 56.4 Å². The molecule has 0 aliphatic carbocycles. The van der Waals surface area contributed by atoms with E-state index in [0.717, 1.165) is 57.8 Å². The molecule has 1 saturated heterocycles. The van der Waals surface area contributed by atoms with Crippen molar-refractivity contribution in [2.75, 3.05) is 47.5 Å². The minimum Gasteiger partial charge on any atom is -0.756 e. The van der Waals surface area contributed by atoms with Gasteiger partial charge in [-0.15, -0.1) is 0 Å². The summed E-state index contributed by atoms with van der Waals surface area (Å²) in [4.78, 5) is 37.5. The number of carbonyl (C=O) groups excluding carboxylic acids is 2. The summed E-state index contributed by atoms with van der Waals surface area (Å²) in [6.45, 7) is 4.10. The Hall–Kier alpha value is -2.07. The van der Waals surface area contributed by atoms with Crippen molar-refractivity contribution < 1.29 is 46.8 Å². The minimum absolute atomic E-state index is 0.0461. The van der Waals surface area contributed by atoms with Gasteiger partial charge in [0.25, 0.3) is 7.82 Å². The Morgan fingerprint density at radius 2 is 1.12 bits per heavy atom. The Morgan fingerprint density at radius 1 is 0.632 bits per heavy atom. The number of hydrogen-bond donors (Lipinski definition) is 0. The van der Waals surface area contributed by atoms with Gasteiger partial charge in [-0.3, -0.25) is 14.2 Å². The molecule has 0 aromatic rings. The van der Waals surface area contributed by atoms with Gasteiger partial charge in [0.1, 0.15) is 19.8 Å². The second-order valence-electron chi connectivity index (χ2n) is 16.4. The largest absolute Gasteiger partial charge is 0.756 e. The molecule has 0 bridgehead atoms. The Balaban J connectivity index is 2.33. The van der Waals surface area contributed by atoms with E-state index in [4.69, 9.17) is 23.3 Å². The number of phosphoric acid groups is 1. The highest BCUT2D eigenvalue weighted by molar-refractivity contribution is 7.45. The van der Waals surface area contributed by atoms with Crippen LogP contribution >= 0.6 is 7.82 Å². The molecule has 1 heterocycles. The standard InChI is InChI=1S/C46H82NO9P/c1-6-8-10-12-14-15-16-17-18-19-20-21-24-28-32-36-45(48)52-40-42(41-54-57(50,51)53-39-38-47(3,4)5)55-46(49)37-33-29-25-22-23-27-31-35-44-43(56-44)34-30-26-13-11-9-7-2/h17-18,22,25-27,30-31,42-44H,6-16,19-21,23-24,28-29,32-41H2,1-5H3/b18-17-,25-22-,30-26+,31-27-. The third kappa shape index (κ3) is 35.6. The van der Waals surface area contributed by atoms with Crippen LogP contribution in [-0.4, -0.2) is 82.2 Å². The first-order valence-corrected chi connectivity index (χ1v) is 23.9. The summed E-state index contributed by atoms with van der Waals surface area (Å²) in [6.07, 6.45) is 41.7. The average Bonchev–Trinajstić information content (AvgIpc) is 3.92. The van der Waals surface area contributed by atoms with Crippen LogP contribution in [0.5, 0.6) is 0 Å². The Kier molecular flexibility index (Phi) is 32.3. The van der Waals surface area contributed by atoms with Crippen molar-refractivity contribution in [2.24, 2.45) is 0 Å². The molecule has 10 nitrogen and oxygen atoms in total. The van der Waals surface area contributed by atoms with Gasteiger partial charge in [-0.25, -0.2) is 0 Å². The van der Waals surface area contributed by atoms with E-state index < -0.39 is 32.5 Å². The van der Waals surface area contributed by atoms with E-state index in [-0.39, 0.29) is 26.1 Å². The van der Waals surface area contributed by atoms with E-state index in [1.165, 1.54) is 64.2 Å². The number of unbranched alkanes of at least 4 members (excludes halogenated alkanes) is 15. The van der Waals surface area contributed by atoms with Gasteiger partial charge in [0, 0.05) is 12.8 Å². The van der Waals surface area contributed by atoms with E-state index in [9.17, 15) is 19.0 Å². The summed E-state index contributed by atoms with van der Waals surface area (Å²) in [5.41, 5.74) is 0. The molecule has 1 aliphatic rings. The van der Waals surface area contributed by atoms with Gasteiger partial charge >= 0.3 is 11.9 Å². The number of epoxide rings is 1. The van der Waals surface area contributed by atoms with Crippen LogP contribution in [0.1, 0.15) is 168 Å². The highest BCUT2D eigenvalue weighted by atomic mass is 31.2. The summed E-state index contributed by atoms with van der Waals surface area (Å²) < 4.78 is 39.6. The van der Waals surface area contributed by atoms with Gasteiger partial charge in [-0.05, 0) is 77.0 Å². The molecule has 57 heavy (non-hydrogen) atoms. The highest BCUT2D eigenvalue weighted by Crippen LogP contribution is 2.38. The number of likely N-dealkylation sites (N-methyl/N-ethyl adjacent to an activating group) is 1. The monoisotopic (exact) mass is 824 g/mol. The van der Waals surface area contributed by atoms with E-state index in [1.54, 1.807) is 0 Å². The number of rotatable bonds is 39. The number of carbonyl (C=O) groups is 2. The zero-order valence-electron chi connectivity index (χ0n) is 36.7. The Bertz CT molecular complexity index is 1180. The SMILES string of the molecule is CCCCC/C=C/CC1OC1C/C=C\C/C=C\CCCC(=O)OC(COC(=O)CCCCCCC/C=C\CCCCCCCC)COP(=O)([O-])OCC[N+](C)(C)C. The van der Waals surface area contributed by atoms with Gasteiger partial charge in [-0.2, -0.15) is 0 Å². The summed E-state index contributed by atoms with van der Waals surface area (Å²) >= 11 is 0. The second-order valence-corrected chi connectivity index (χ2v) is 17.9. The predicted octanol–water partition coefficient (Wildman–Crippen LogP) is 11.0. The highest BCUT2D eigenvalue weighted by Gasteiger charge is 2.36. The van der Waals surface area contributed by atoms with Crippen molar-refractivity contribution in [3.8, 4) is 0 Å². The number of allylic oxidation sites excluding steroid dienone is 6. The normalized spacial score (nSPS) is 17.6. The van der Waals surface area contributed by atoms with Crippen molar-refractivity contribution in [1.29, 1.82) is 0 Å². The molecule has 0 amide bonds. The summed E-state index contributed by atoms with van der Waals surface area (Å²) in [6, 6.07) is 0. The van der Waals surface area contributed by atoms with Gasteiger partial charge in [0.05, 0.1) is 40.0 Å². The topological polar surface area (TPSA) is 124 Å². The van der Waals surface area contributed by atoms with Gasteiger partial charge in [0.15, 0.2) is 6.10 Å². The zero-order valence-corrected chi connectivity index (χ0v) is 37.6. The van der Waals surface area contributed by atoms with Crippen LogP contribution in [0.3, 0.4) is 0 Å². The molecule has 0 spiro atoms. The third-order valence-electron chi connectivity index (χ3n) is 9.72. The molecule has 0 aromatic heterocycles. The summed E-state index contributed by atoms with van der Waals surface area (Å²) in [7, 11) is 1.11. The van der Waals surface area contributed by atoms with Crippen LogP contribution in [-0.2, 0) is 37.4 Å². The van der Waals surface area contributed by atoms with Crippen LogP contribution < -0.4 is 4.89 Å². The average molecular weight is 824 g/mol. The van der Waals surface area contributed by atoms with Gasteiger partial charge < -0.3 is 32.6 Å². The maximum atomic E-state index is 12.7. The van der Waals surface area contributed by atoms with Crippen molar-refractivity contribution in [3.05, 3.63) is 48.6 Å². The first kappa shape index (κ1) is 52.9. The molecule has 1 rings (SSSR count). The van der Waals surface area contributed by atoms with Crippen LogP contribution in [0, 0.1) is 0 Å². The number of ether oxygens (including phenoxy) is 3. The molecule has 330 valence electrons. The molecule has 11 heteroatoms. The van der Waals surface area contributed by atoms with Crippen LogP contribution in [0.25, 0.3) is 0 Å². The smallest absolute Gasteiger partial charge is 0.306 e. The van der Waals surface area contributed by atoms with Crippen molar-refractivity contribution in [1.82, 2.24) is 0 Å². The molecule has 0 N–H and O–H groups in total. The first-order valence-electron chi connectivity index (χ1n) is 22.5. The number of hydrogen-bond acceptors (Lipinski definition) is 9. The van der Waals surface area contributed by atoms with Crippen molar-refractivity contribution in [2.45, 2.75) is 186 Å². The fraction of sp³-hybridized carbons (Fsp3) is 0.783. The summed E-state index contributed by atoms with van der Waals surface area (Å²) in [5, 5.41) is 0. The molecule has 4 atom stereocenters. The molecule has 0 radical (unpaired) electrons.